The van der Waals surface area contributed by atoms with Gasteiger partial charge in [-0.15, -0.1) is 24.8 Å². The standard InChI is InChI=1S/C21H25.C13H13.C7H7.CH3.CH2.2ClH.Zr/c1-20(2,3)16-7-9-18-14(12-16)11-15-13-17(21(4,5)6)8-10-19(15)18;1-10-8-11(2)13(9-10)12-6-4-3-5-7-12;1-7-5-3-2-4-6-7;;;;;/h7-10,12H,11H2,1-6H3;3-7,9-10H,1-2H3;3-6H,1H3;1H3;1H2;2*1H;. The third kappa shape index (κ3) is 5.74. The first-order valence-electron chi connectivity index (χ1n) is 16.4. The fraction of sp³-hybridized carbons (Fsp3) is 0.326. The van der Waals surface area contributed by atoms with Gasteiger partial charge >= 0.3 is 269 Å². The van der Waals surface area contributed by atoms with E-state index in [1.807, 2.05) is 0 Å². The average Bonchev–Trinajstić information content (AvgIpc) is 3.48. The Morgan fingerprint density at radius 3 is 1.93 bits per heavy atom. The number of allylic oxidation sites excluding steroid dienone is 4. The molecule has 0 spiro atoms. The van der Waals surface area contributed by atoms with Gasteiger partial charge in [-0.05, 0) is 0 Å². The molecule has 2 aliphatic carbocycles. The van der Waals surface area contributed by atoms with Crippen molar-refractivity contribution < 1.29 is 18.3 Å². The van der Waals surface area contributed by atoms with Crippen LogP contribution in [-0.4, -0.2) is 4.21 Å². The van der Waals surface area contributed by atoms with Crippen LogP contribution in [0.2, 0.25) is 4.63 Å². The molecule has 0 aromatic heterocycles. The number of hydrogen-bond acceptors (Lipinski definition) is 0. The number of rotatable bonds is 4. The van der Waals surface area contributed by atoms with Crippen LogP contribution in [0.3, 0.4) is 0 Å². The Labute approximate surface area is 291 Å². The van der Waals surface area contributed by atoms with E-state index in [-0.39, 0.29) is 35.6 Å². The van der Waals surface area contributed by atoms with Crippen LogP contribution in [0.15, 0.2) is 99.9 Å². The normalized spacial score (nSPS) is 16.3. The molecular weight excluding hydrogens is 679 g/mol. The molecule has 0 saturated heterocycles. The number of hydrogen-bond donors (Lipinski definition) is 0. The van der Waals surface area contributed by atoms with Gasteiger partial charge < -0.3 is 0 Å². The number of aryl methyl sites for hydroxylation is 1. The van der Waals surface area contributed by atoms with E-state index in [2.05, 4.69) is 158 Å². The van der Waals surface area contributed by atoms with Gasteiger partial charge in [0.2, 0.25) is 0 Å². The SMILES string of the molecule is Cl.Cl.[CH2]=[Zr]([CH3])([C]1=C(C)C(c2ccccc2)=CC1C)([c]1ccc(C)cc1)[c]1c(C(C)(C)C)ccc2c1Cc1cc(C(C)(C)C)ccc1-2. The summed E-state index contributed by atoms with van der Waals surface area (Å²) in [5, 5.41) is 0. The molecule has 2 aliphatic rings. The molecule has 0 N–H and O–H groups in total. The van der Waals surface area contributed by atoms with Crippen LogP contribution in [0.4, 0.5) is 0 Å². The quantitative estimate of drug-likeness (QED) is 0.173. The van der Waals surface area contributed by atoms with Crippen LogP contribution in [-0.2, 0) is 35.5 Å². The number of fused-ring (bicyclic) bond motifs is 3. The molecule has 0 saturated carbocycles. The van der Waals surface area contributed by atoms with E-state index in [0.717, 1.165) is 6.42 Å². The fourth-order valence-electron chi connectivity index (χ4n) is 8.58. The van der Waals surface area contributed by atoms with Gasteiger partial charge in [0.1, 0.15) is 0 Å². The van der Waals surface area contributed by atoms with Gasteiger partial charge in [-0.1, -0.05) is 0 Å². The Morgan fingerprint density at radius 1 is 0.739 bits per heavy atom. The topological polar surface area (TPSA) is 0 Å². The second-order valence-corrected chi connectivity index (χ2v) is 30.1. The van der Waals surface area contributed by atoms with Crippen molar-refractivity contribution in [2.75, 3.05) is 0 Å². The first-order valence-corrected chi connectivity index (χ1v) is 24.3. The summed E-state index contributed by atoms with van der Waals surface area (Å²) in [6, 6.07) is 32.6. The molecule has 46 heavy (non-hydrogen) atoms. The summed E-state index contributed by atoms with van der Waals surface area (Å²) in [4.78, 5) is 0. The first kappa shape index (κ1) is 36.5. The van der Waals surface area contributed by atoms with E-state index in [4.69, 9.17) is 4.21 Å². The maximum absolute atomic E-state index is 5.67. The van der Waals surface area contributed by atoms with Crippen molar-refractivity contribution in [1.82, 2.24) is 0 Å². The third-order valence-electron chi connectivity index (χ3n) is 10.8. The maximum atomic E-state index is 5.67. The van der Waals surface area contributed by atoms with E-state index < -0.39 is 18.3 Å². The molecule has 0 amide bonds. The van der Waals surface area contributed by atoms with E-state index in [0.29, 0.717) is 5.92 Å². The molecule has 242 valence electrons. The Morgan fingerprint density at radius 2 is 1.35 bits per heavy atom. The summed E-state index contributed by atoms with van der Waals surface area (Å²) < 4.78 is 13.0. The summed E-state index contributed by atoms with van der Waals surface area (Å²) in [7, 11) is 0. The van der Waals surface area contributed by atoms with Crippen LogP contribution in [0, 0.1) is 12.8 Å². The van der Waals surface area contributed by atoms with Crippen molar-refractivity contribution in [2.45, 2.75) is 84.2 Å². The van der Waals surface area contributed by atoms with Crippen molar-refractivity contribution in [3.8, 4) is 11.1 Å². The van der Waals surface area contributed by atoms with Crippen molar-refractivity contribution in [3.63, 3.8) is 0 Å². The molecule has 1 unspecified atom stereocenters. The molecular formula is C43H52Cl2Zr. The predicted molar refractivity (Wildman–Crippen MR) is 206 cm³/mol. The molecule has 6 rings (SSSR count). The van der Waals surface area contributed by atoms with Crippen LogP contribution >= 0.6 is 24.8 Å². The third-order valence-corrected chi connectivity index (χ3v) is 25.8. The van der Waals surface area contributed by atoms with Crippen LogP contribution < -0.4 is 6.54 Å². The predicted octanol–water partition coefficient (Wildman–Crippen LogP) is 11.1. The molecule has 4 aromatic rings. The van der Waals surface area contributed by atoms with E-state index in [1.165, 1.54) is 58.9 Å². The monoisotopic (exact) mass is 728 g/mol. The van der Waals surface area contributed by atoms with Gasteiger partial charge in [-0.25, -0.2) is 0 Å². The van der Waals surface area contributed by atoms with E-state index in [9.17, 15) is 0 Å². The Bertz CT molecular complexity index is 1930. The molecule has 0 heterocycles. The van der Waals surface area contributed by atoms with E-state index >= 15 is 0 Å². The minimum atomic E-state index is -4.56. The van der Waals surface area contributed by atoms with Crippen LogP contribution in [0.1, 0.15) is 88.8 Å². The van der Waals surface area contributed by atoms with E-state index in [1.54, 1.807) is 6.55 Å². The van der Waals surface area contributed by atoms with Gasteiger partial charge in [0.05, 0.1) is 0 Å². The molecule has 4 aromatic carbocycles. The van der Waals surface area contributed by atoms with Gasteiger partial charge in [0, 0.05) is 0 Å². The molecule has 0 nitrogen and oxygen atoms in total. The Kier molecular flexibility index (Phi) is 9.76. The van der Waals surface area contributed by atoms with Gasteiger partial charge in [0.15, 0.2) is 0 Å². The summed E-state index contributed by atoms with van der Waals surface area (Å²) in [6.45, 7) is 21.2. The van der Waals surface area contributed by atoms with Crippen molar-refractivity contribution in [3.05, 3.63) is 133 Å². The van der Waals surface area contributed by atoms with Gasteiger partial charge in [-0.2, -0.15) is 0 Å². The molecule has 0 aliphatic heterocycles. The average molecular weight is 731 g/mol. The zero-order chi connectivity index (χ0) is 31.8. The van der Waals surface area contributed by atoms with Crippen molar-refractivity contribution >= 4 is 41.1 Å². The second kappa shape index (κ2) is 12.3. The Hall–Kier alpha value is -2.31. The van der Waals surface area contributed by atoms with Crippen molar-refractivity contribution in [2.24, 2.45) is 5.92 Å². The first-order chi connectivity index (χ1) is 20.5. The zero-order valence-electron chi connectivity index (χ0n) is 29.5. The number of halogens is 2. The van der Waals surface area contributed by atoms with Crippen LogP contribution in [0.25, 0.3) is 16.7 Å². The molecule has 0 radical (unpaired) electrons. The zero-order valence-corrected chi connectivity index (χ0v) is 33.6. The summed E-state index contributed by atoms with van der Waals surface area (Å²) in [5.74, 6) is 0.319. The summed E-state index contributed by atoms with van der Waals surface area (Å²) in [6.07, 6.45) is 3.51. The van der Waals surface area contributed by atoms with Crippen LogP contribution in [0.5, 0.6) is 0 Å². The fourth-order valence-corrected chi connectivity index (χ4v) is 24.9. The van der Waals surface area contributed by atoms with Gasteiger partial charge in [-0.3, -0.25) is 0 Å². The molecule has 3 heteroatoms. The molecule has 1 atom stereocenters. The minimum absolute atomic E-state index is 0. The molecule has 0 bridgehead atoms. The molecule has 0 fully saturated rings. The summed E-state index contributed by atoms with van der Waals surface area (Å²) in [5.41, 5.74) is 14.2. The summed E-state index contributed by atoms with van der Waals surface area (Å²) >= 11 is -4.56. The Balaban J connectivity index is 0.00000240. The van der Waals surface area contributed by atoms with Gasteiger partial charge in [0.25, 0.3) is 0 Å². The second-order valence-electron chi connectivity index (χ2n) is 16.2. The number of benzene rings is 4. The van der Waals surface area contributed by atoms with Crippen molar-refractivity contribution in [1.29, 1.82) is 0 Å².